The zero-order valence-electron chi connectivity index (χ0n) is 14.3. The minimum atomic E-state index is -1.31. The van der Waals surface area contributed by atoms with Crippen LogP contribution in [0.2, 0.25) is 0 Å². The maximum atomic E-state index is 12.7. The van der Waals surface area contributed by atoms with Crippen LogP contribution in [-0.4, -0.2) is 30.0 Å². The zero-order valence-corrected chi connectivity index (χ0v) is 14.3. The molecule has 1 aromatic rings. The lowest BCUT2D eigenvalue weighted by Gasteiger charge is -2.26. The van der Waals surface area contributed by atoms with Gasteiger partial charge in [-0.3, -0.25) is 9.59 Å². The lowest BCUT2D eigenvalue weighted by atomic mass is 9.83. The molecule has 0 bridgehead atoms. The van der Waals surface area contributed by atoms with Crippen molar-refractivity contribution < 1.29 is 23.9 Å². The van der Waals surface area contributed by atoms with E-state index in [1.165, 1.54) is 13.8 Å². The fourth-order valence-electron chi connectivity index (χ4n) is 2.49. The topological polar surface area (TPSA) is 81.7 Å². The molecule has 2 rings (SSSR count). The Hall–Kier alpha value is -2.37. The van der Waals surface area contributed by atoms with Crippen LogP contribution in [0.15, 0.2) is 30.3 Å². The summed E-state index contributed by atoms with van der Waals surface area (Å²) in [6, 6.07) is 9.26. The molecule has 0 heterocycles. The number of Topliss-reactive ketones (excluding diaryl/α,β-unsaturated/α-hetero) is 1. The number of alkyl carbamates (subject to hydrolysis) is 1. The van der Waals surface area contributed by atoms with Crippen molar-refractivity contribution in [2.75, 3.05) is 6.61 Å². The Labute approximate surface area is 141 Å². The highest BCUT2D eigenvalue weighted by Gasteiger charge is 2.58. The first-order valence-electron chi connectivity index (χ1n) is 8.03. The SMILES string of the molecule is CCOC(=O)C(C)(C)C(=O)C1(NC(=O)OCc2ccccc2)CC1. The number of amides is 1. The Kier molecular flexibility index (Phi) is 5.26. The molecule has 0 aliphatic heterocycles. The normalized spacial score (nSPS) is 15.3. The highest BCUT2D eigenvalue weighted by Crippen LogP contribution is 2.42. The quantitative estimate of drug-likeness (QED) is 0.613. The Balaban J connectivity index is 1.94. The molecule has 6 nitrogen and oxygen atoms in total. The van der Waals surface area contributed by atoms with Gasteiger partial charge in [-0.05, 0) is 39.2 Å². The molecule has 1 aliphatic rings. The van der Waals surface area contributed by atoms with Crippen LogP contribution in [0.5, 0.6) is 0 Å². The zero-order chi connectivity index (χ0) is 17.8. The molecule has 130 valence electrons. The summed E-state index contributed by atoms with van der Waals surface area (Å²) in [5.41, 5.74) is -1.47. The summed E-state index contributed by atoms with van der Waals surface area (Å²) in [6.07, 6.45) is 0.328. The second kappa shape index (κ2) is 7.03. The summed E-state index contributed by atoms with van der Waals surface area (Å²) in [7, 11) is 0. The fourth-order valence-corrected chi connectivity index (χ4v) is 2.49. The monoisotopic (exact) mass is 333 g/mol. The van der Waals surface area contributed by atoms with Gasteiger partial charge in [-0.15, -0.1) is 0 Å². The largest absolute Gasteiger partial charge is 0.465 e. The number of nitrogens with one attached hydrogen (secondary N) is 1. The Morgan fingerprint density at radius 2 is 1.75 bits per heavy atom. The van der Waals surface area contributed by atoms with Crippen molar-refractivity contribution in [1.82, 2.24) is 5.32 Å². The smallest absolute Gasteiger partial charge is 0.408 e. The van der Waals surface area contributed by atoms with Gasteiger partial charge in [0.05, 0.1) is 6.61 Å². The third-order valence-electron chi connectivity index (χ3n) is 4.09. The number of carbonyl (C=O) groups is 3. The van der Waals surface area contributed by atoms with Gasteiger partial charge < -0.3 is 14.8 Å². The van der Waals surface area contributed by atoms with Crippen molar-refractivity contribution in [3.63, 3.8) is 0 Å². The van der Waals surface area contributed by atoms with Crippen LogP contribution in [0.3, 0.4) is 0 Å². The highest BCUT2D eigenvalue weighted by atomic mass is 16.5. The third kappa shape index (κ3) is 3.93. The van der Waals surface area contributed by atoms with E-state index in [-0.39, 0.29) is 19.0 Å². The van der Waals surface area contributed by atoms with Gasteiger partial charge in [0.1, 0.15) is 17.6 Å². The average Bonchev–Trinajstić information content (AvgIpc) is 3.34. The second-order valence-electron chi connectivity index (χ2n) is 6.44. The number of esters is 1. The Morgan fingerprint density at radius 1 is 1.12 bits per heavy atom. The summed E-state index contributed by atoms with van der Waals surface area (Å²) in [6.45, 7) is 5.05. The van der Waals surface area contributed by atoms with E-state index in [2.05, 4.69) is 5.32 Å². The van der Waals surface area contributed by atoms with Gasteiger partial charge in [-0.2, -0.15) is 0 Å². The fraction of sp³-hybridized carbons (Fsp3) is 0.500. The van der Waals surface area contributed by atoms with Gasteiger partial charge >= 0.3 is 12.1 Å². The van der Waals surface area contributed by atoms with Crippen LogP contribution in [0.25, 0.3) is 0 Å². The summed E-state index contributed by atoms with van der Waals surface area (Å²) in [5, 5.41) is 2.62. The molecular weight excluding hydrogens is 310 g/mol. The molecule has 1 aliphatic carbocycles. The summed E-state index contributed by atoms with van der Waals surface area (Å²) in [4.78, 5) is 36.7. The van der Waals surface area contributed by atoms with E-state index in [1.807, 2.05) is 30.3 Å². The van der Waals surface area contributed by atoms with E-state index >= 15 is 0 Å². The number of ether oxygens (including phenoxy) is 2. The molecule has 0 saturated heterocycles. The molecule has 0 unspecified atom stereocenters. The van der Waals surface area contributed by atoms with E-state index < -0.39 is 23.0 Å². The summed E-state index contributed by atoms with van der Waals surface area (Å²) >= 11 is 0. The van der Waals surface area contributed by atoms with E-state index in [1.54, 1.807) is 6.92 Å². The van der Waals surface area contributed by atoms with Gasteiger partial charge in [0.15, 0.2) is 5.78 Å². The van der Waals surface area contributed by atoms with E-state index in [4.69, 9.17) is 9.47 Å². The number of hydrogen-bond acceptors (Lipinski definition) is 5. The standard InChI is InChI=1S/C18H23NO5/c1-4-23-15(21)17(2,3)14(20)18(10-11-18)19-16(22)24-12-13-8-6-5-7-9-13/h5-9H,4,10-12H2,1-3H3,(H,19,22). The van der Waals surface area contributed by atoms with Gasteiger partial charge in [0.25, 0.3) is 0 Å². The van der Waals surface area contributed by atoms with Gasteiger partial charge in [0, 0.05) is 0 Å². The number of rotatable bonds is 7. The first-order chi connectivity index (χ1) is 11.3. The average molecular weight is 333 g/mol. The molecular formula is C18H23NO5. The number of carbonyl (C=O) groups excluding carboxylic acids is 3. The van der Waals surface area contributed by atoms with Crippen molar-refractivity contribution in [2.24, 2.45) is 5.41 Å². The van der Waals surface area contributed by atoms with Crippen molar-refractivity contribution in [2.45, 2.75) is 45.8 Å². The maximum Gasteiger partial charge on any atom is 0.408 e. The first-order valence-corrected chi connectivity index (χ1v) is 8.03. The maximum absolute atomic E-state index is 12.7. The summed E-state index contributed by atoms with van der Waals surface area (Å²) in [5.74, 6) is -0.925. The number of ketones is 1. The van der Waals surface area contributed by atoms with Gasteiger partial charge in [-0.1, -0.05) is 30.3 Å². The predicted octanol–water partition coefficient (Wildman–Crippen LogP) is 2.60. The van der Waals surface area contributed by atoms with Crippen LogP contribution >= 0.6 is 0 Å². The molecule has 24 heavy (non-hydrogen) atoms. The van der Waals surface area contributed by atoms with Crippen LogP contribution in [0.4, 0.5) is 4.79 Å². The minimum Gasteiger partial charge on any atom is -0.465 e. The molecule has 1 N–H and O–H groups in total. The van der Waals surface area contributed by atoms with E-state index in [0.717, 1.165) is 5.56 Å². The molecule has 0 atom stereocenters. The van der Waals surface area contributed by atoms with E-state index in [9.17, 15) is 14.4 Å². The van der Waals surface area contributed by atoms with Crippen molar-refractivity contribution >= 4 is 17.8 Å². The molecule has 1 fully saturated rings. The summed E-state index contributed by atoms with van der Waals surface area (Å²) < 4.78 is 10.1. The lowest BCUT2D eigenvalue weighted by molar-refractivity contribution is -0.158. The Bertz CT molecular complexity index is 620. The van der Waals surface area contributed by atoms with E-state index in [0.29, 0.717) is 12.8 Å². The van der Waals surface area contributed by atoms with Crippen molar-refractivity contribution in [3.05, 3.63) is 35.9 Å². The van der Waals surface area contributed by atoms with Crippen LogP contribution < -0.4 is 5.32 Å². The lowest BCUT2D eigenvalue weighted by Crippen LogP contribution is -2.51. The molecule has 6 heteroatoms. The minimum absolute atomic E-state index is 0.123. The molecule has 0 aromatic heterocycles. The number of hydrogen-bond donors (Lipinski definition) is 1. The third-order valence-corrected chi connectivity index (χ3v) is 4.09. The molecule has 1 aromatic carbocycles. The number of benzene rings is 1. The van der Waals surface area contributed by atoms with Gasteiger partial charge in [0.2, 0.25) is 0 Å². The van der Waals surface area contributed by atoms with Crippen LogP contribution in [0, 0.1) is 5.41 Å². The molecule has 0 radical (unpaired) electrons. The molecule has 1 amide bonds. The van der Waals surface area contributed by atoms with Crippen molar-refractivity contribution in [1.29, 1.82) is 0 Å². The second-order valence-corrected chi connectivity index (χ2v) is 6.44. The molecule has 1 saturated carbocycles. The van der Waals surface area contributed by atoms with Crippen LogP contribution in [0.1, 0.15) is 39.2 Å². The predicted molar refractivity (Wildman–Crippen MR) is 87.1 cm³/mol. The first kappa shape index (κ1) is 18.0. The van der Waals surface area contributed by atoms with Gasteiger partial charge in [-0.25, -0.2) is 4.79 Å². The highest BCUT2D eigenvalue weighted by molar-refractivity contribution is 6.09. The van der Waals surface area contributed by atoms with Crippen molar-refractivity contribution in [3.8, 4) is 0 Å². The van der Waals surface area contributed by atoms with Crippen LogP contribution in [-0.2, 0) is 25.7 Å². The molecule has 0 spiro atoms. The Morgan fingerprint density at radius 3 is 2.29 bits per heavy atom.